The lowest BCUT2D eigenvalue weighted by Crippen LogP contribution is -2.25. The number of carbonyl (C=O) groups is 2. The van der Waals surface area contributed by atoms with Crippen LogP contribution in [-0.4, -0.2) is 34.5 Å². The van der Waals surface area contributed by atoms with Crippen molar-refractivity contribution in [1.29, 1.82) is 0 Å². The Kier molecular flexibility index (Phi) is 5.08. The molecule has 1 aliphatic rings. The molecule has 0 bridgehead atoms. The number of amides is 1. The molecule has 2 aromatic heterocycles. The summed E-state index contributed by atoms with van der Waals surface area (Å²) in [6.45, 7) is 5.41. The number of carbonyl (C=O) groups excluding carboxylic acids is 2. The van der Waals surface area contributed by atoms with Gasteiger partial charge in [0.2, 0.25) is 0 Å². The number of ether oxygens (including phenoxy) is 1. The van der Waals surface area contributed by atoms with Gasteiger partial charge in [0.05, 0.1) is 5.56 Å². The average molecular weight is 365 g/mol. The summed E-state index contributed by atoms with van der Waals surface area (Å²) in [4.78, 5) is 33.4. The van der Waals surface area contributed by atoms with Gasteiger partial charge in [0, 0.05) is 31.6 Å². The monoisotopic (exact) mass is 365 g/mol. The van der Waals surface area contributed by atoms with Gasteiger partial charge in [-0.25, -0.2) is 9.78 Å². The average Bonchev–Trinajstić information content (AvgIpc) is 3.09. The van der Waals surface area contributed by atoms with Gasteiger partial charge in [-0.05, 0) is 56.0 Å². The molecule has 0 spiro atoms. The number of aromatic nitrogens is 2. The van der Waals surface area contributed by atoms with Gasteiger partial charge in [-0.2, -0.15) is 0 Å². The predicted octanol–water partition coefficient (Wildman–Crippen LogP) is 2.95. The molecule has 0 saturated carbocycles. The largest absolute Gasteiger partial charge is 0.456 e. The van der Waals surface area contributed by atoms with Crippen molar-refractivity contribution in [2.24, 2.45) is 0 Å². The lowest BCUT2D eigenvalue weighted by atomic mass is 10.0. The van der Waals surface area contributed by atoms with E-state index in [1.165, 1.54) is 18.7 Å². The van der Waals surface area contributed by atoms with Crippen LogP contribution >= 0.6 is 0 Å². The van der Waals surface area contributed by atoms with Crippen molar-refractivity contribution in [3.63, 3.8) is 0 Å². The van der Waals surface area contributed by atoms with E-state index in [0.29, 0.717) is 17.7 Å². The first-order valence-corrected chi connectivity index (χ1v) is 8.85. The van der Waals surface area contributed by atoms with Crippen LogP contribution in [0.5, 0.6) is 0 Å². The van der Waals surface area contributed by atoms with E-state index in [4.69, 9.17) is 4.74 Å². The molecule has 1 N–H and O–H groups in total. The second-order valence-corrected chi connectivity index (χ2v) is 7.47. The van der Waals surface area contributed by atoms with Gasteiger partial charge in [-0.3, -0.25) is 9.78 Å². The molecule has 2 aromatic rings. The van der Waals surface area contributed by atoms with Crippen molar-refractivity contribution < 1.29 is 14.3 Å². The van der Waals surface area contributed by atoms with Gasteiger partial charge in [0.1, 0.15) is 11.3 Å². The summed E-state index contributed by atoms with van der Waals surface area (Å²) in [5.41, 5.74) is 3.81. The number of hydrogen-bond acceptors (Lipinski definition) is 5. The van der Waals surface area contributed by atoms with Crippen LogP contribution < -0.4 is 5.32 Å². The Morgan fingerprint density at radius 1 is 1.22 bits per heavy atom. The normalized spacial score (nSPS) is 12.6. The molecule has 3 rings (SSSR count). The van der Waals surface area contributed by atoms with Crippen molar-refractivity contribution in [3.8, 4) is 0 Å². The fourth-order valence-corrected chi connectivity index (χ4v) is 2.96. The molecule has 0 aromatic carbocycles. The Labute approximate surface area is 158 Å². The zero-order valence-electron chi connectivity index (χ0n) is 16.0. The van der Waals surface area contributed by atoms with Gasteiger partial charge in [0.25, 0.3) is 5.91 Å². The number of allylic oxidation sites excluding steroid dienone is 1. The Balaban J connectivity index is 1.98. The number of nitrogens with one attached hydrogen (secondary N) is 1. The van der Waals surface area contributed by atoms with Gasteiger partial charge < -0.3 is 10.1 Å². The molecule has 0 fully saturated rings. The summed E-state index contributed by atoms with van der Waals surface area (Å²) in [6, 6.07) is 3.14. The van der Waals surface area contributed by atoms with Crippen LogP contribution in [0.4, 0.5) is 0 Å². The van der Waals surface area contributed by atoms with Crippen LogP contribution in [0.25, 0.3) is 6.08 Å². The molecule has 0 radical (unpaired) electrons. The van der Waals surface area contributed by atoms with Gasteiger partial charge in [-0.1, -0.05) is 12.2 Å². The Hall–Kier alpha value is -3.02. The van der Waals surface area contributed by atoms with Crippen LogP contribution in [0, 0.1) is 0 Å². The summed E-state index contributed by atoms with van der Waals surface area (Å²) < 4.78 is 5.45. The maximum Gasteiger partial charge on any atom is 0.338 e. The number of nitrogens with zero attached hydrogens (tertiary/aromatic N) is 2. The summed E-state index contributed by atoms with van der Waals surface area (Å²) in [6.07, 6.45) is 9.17. The number of fused-ring (bicyclic) bond motifs is 1. The third-order valence-corrected chi connectivity index (χ3v) is 4.12. The lowest BCUT2D eigenvalue weighted by Gasteiger charge is -2.20. The van der Waals surface area contributed by atoms with E-state index in [9.17, 15) is 9.59 Å². The van der Waals surface area contributed by atoms with Crippen LogP contribution in [0.3, 0.4) is 0 Å². The fraction of sp³-hybridized carbons (Fsp3) is 0.333. The van der Waals surface area contributed by atoms with Crippen molar-refractivity contribution in [2.45, 2.75) is 39.2 Å². The molecule has 0 aliphatic heterocycles. The Morgan fingerprint density at radius 3 is 2.70 bits per heavy atom. The second-order valence-electron chi connectivity index (χ2n) is 7.47. The van der Waals surface area contributed by atoms with Crippen LogP contribution in [0.1, 0.15) is 64.0 Å². The van der Waals surface area contributed by atoms with E-state index >= 15 is 0 Å². The van der Waals surface area contributed by atoms with Crippen LogP contribution in [0.15, 0.2) is 30.6 Å². The van der Waals surface area contributed by atoms with Crippen molar-refractivity contribution in [2.75, 3.05) is 7.05 Å². The zero-order valence-corrected chi connectivity index (χ0v) is 16.0. The molecule has 6 nitrogen and oxygen atoms in total. The standard InChI is InChI=1S/C21H23N3O3/c1-21(2,3)27-20(26)14-8-16(24-18(10-14)19(25)22-4)9-15-12-23-11-13-6-5-7-17(13)15/h5,7-8,10-12H,6,9H2,1-4H3,(H,22,25). The number of hydrogen-bond donors (Lipinski definition) is 1. The van der Waals surface area contributed by atoms with E-state index in [1.807, 2.05) is 6.20 Å². The summed E-state index contributed by atoms with van der Waals surface area (Å²) in [5.74, 6) is -0.828. The molecule has 0 atom stereocenters. The number of esters is 1. The maximum absolute atomic E-state index is 12.5. The lowest BCUT2D eigenvalue weighted by molar-refractivity contribution is 0.00692. The Bertz CT molecular complexity index is 927. The van der Waals surface area contributed by atoms with E-state index in [0.717, 1.165) is 17.5 Å². The molecular weight excluding hydrogens is 342 g/mol. The predicted molar refractivity (Wildman–Crippen MR) is 103 cm³/mol. The molecule has 6 heteroatoms. The molecule has 2 heterocycles. The first-order valence-electron chi connectivity index (χ1n) is 8.85. The molecule has 0 unspecified atom stereocenters. The summed E-state index contributed by atoms with van der Waals surface area (Å²) >= 11 is 0. The van der Waals surface area contributed by atoms with E-state index in [1.54, 1.807) is 33.0 Å². The third kappa shape index (κ3) is 4.39. The summed E-state index contributed by atoms with van der Waals surface area (Å²) in [7, 11) is 1.53. The maximum atomic E-state index is 12.5. The topological polar surface area (TPSA) is 81.2 Å². The van der Waals surface area contributed by atoms with Crippen molar-refractivity contribution in [1.82, 2.24) is 15.3 Å². The Morgan fingerprint density at radius 2 is 2.00 bits per heavy atom. The fourth-order valence-electron chi connectivity index (χ4n) is 2.96. The van der Waals surface area contributed by atoms with Gasteiger partial charge >= 0.3 is 5.97 Å². The van der Waals surface area contributed by atoms with Crippen molar-refractivity contribution >= 4 is 18.0 Å². The smallest absolute Gasteiger partial charge is 0.338 e. The molecule has 0 saturated heterocycles. The quantitative estimate of drug-likeness (QED) is 0.843. The second kappa shape index (κ2) is 7.31. The van der Waals surface area contributed by atoms with E-state index in [-0.39, 0.29) is 11.6 Å². The first kappa shape index (κ1) is 18.8. The highest BCUT2D eigenvalue weighted by Gasteiger charge is 2.21. The highest BCUT2D eigenvalue weighted by Crippen LogP contribution is 2.24. The zero-order chi connectivity index (χ0) is 19.6. The summed E-state index contributed by atoms with van der Waals surface area (Å²) in [5, 5.41) is 2.55. The minimum atomic E-state index is -0.622. The van der Waals surface area contributed by atoms with Crippen molar-refractivity contribution in [3.05, 3.63) is 64.2 Å². The third-order valence-electron chi connectivity index (χ3n) is 4.12. The molecule has 140 valence electrons. The van der Waals surface area contributed by atoms with Gasteiger partial charge in [0.15, 0.2) is 0 Å². The minimum absolute atomic E-state index is 0.187. The SMILES string of the molecule is CNC(=O)c1cc(C(=O)OC(C)(C)C)cc(Cc2cncc3c2C=CC3)n1. The molecular formula is C21H23N3O3. The highest BCUT2D eigenvalue weighted by molar-refractivity contribution is 5.96. The van der Waals surface area contributed by atoms with E-state index in [2.05, 4.69) is 27.4 Å². The van der Waals surface area contributed by atoms with Gasteiger partial charge in [-0.15, -0.1) is 0 Å². The highest BCUT2D eigenvalue weighted by atomic mass is 16.6. The molecule has 1 amide bonds. The van der Waals surface area contributed by atoms with E-state index < -0.39 is 11.6 Å². The van der Waals surface area contributed by atoms with Crippen LogP contribution in [0.2, 0.25) is 0 Å². The minimum Gasteiger partial charge on any atom is -0.456 e. The van der Waals surface area contributed by atoms with Crippen LogP contribution in [-0.2, 0) is 17.6 Å². The first-order chi connectivity index (χ1) is 12.8. The molecule has 27 heavy (non-hydrogen) atoms. The number of pyridine rings is 2. The molecule has 1 aliphatic carbocycles. The number of rotatable bonds is 4.